The van der Waals surface area contributed by atoms with E-state index >= 15 is 0 Å². The van der Waals surface area contributed by atoms with Gasteiger partial charge in [-0.05, 0) is 39.2 Å². The Labute approximate surface area is 103 Å². The highest BCUT2D eigenvalue weighted by Crippen LogP contribution is 2.32. The minimum absolute atomic E-state index is 0.173. The standard InChI is InChI=1S/C13H27NOS/c1-12(2,3)11-10-16(15)9-7-8-14(11)13(4,5)6/h11H,7-10H2,1-6H3/t11-,16?/m0/s1. The van der Waals surface area contributed by atoms with Gasteiger partial charge in [-0.25, -0.2) is 0 Å². The summed E-state index contributed by atoms with van der Waals surface area (Å²) in [5, 5.41) is 0. The zero-order valence-corrected chi connectivity index (χ0v) is 12.5. The summed E-state index contributed by atoms with van der Waals surface area (Å²) in [5.41, 5.74) is 0.375. The van der Waals surface area contributed by atoms with Crippen molar-refractivity contribution in [2.24, 2.45) is 5.41 Å². The summed E-state index contributed by atoms with van der Waals surface area (Å²) in [5.74, 6) is 1.71. The third-order valence-electron chi connectivity index (χ3n) is 3.35. The van der Waals surface area contributed by atoms with E-state index in [1.165, 1.54) is 0 Å². The van der Waals surface area contributed by atoms with Crippen LogP contribution < -0.4 is 0 Å². The van der Waals surface area contributed by atoms with Crippen LogP contribution >= 0.6 is 0 Å². The van der Waals surface area contributed by atoms with E-state index in [2.05, 4.69) is 46.4 Å². The van der Waals surface area contributed by atoms with Gasteiger partial charge >= 0.3 is 0 Å². The SMILES string of the molecule is CC(C)(C)[C@@H]1CS(=O)CCCN1C(C)(C)C. The van der Waals surface area contributed by atoms with Gasteiger partial charge in [-0.3, -0.25) is 9.11 Å². The Balaban J connectivity index is 2.98. The molecule has 16 heavy (non-hydrogen) atoms. The van der Waals surface area contributed by atoms with Crippen LogP contribution in [0, 0.1) is 5.41 Å². The molecule has 0 radical (unpaired) electrons. The summed E-state index contributed by atoms with van der Waals surface area (Å²) in [6.07, 6.45) is 1.07. The Kier molecular flexibility index (Phi) is 4.23. The molecule has 1 heterocycles. The molecule has 0 saturated carbocycles. The third kappa shape index (κ3) is 3.56. The van der Waals surface area contributed by atoms with Crippen LogP contribution in [0.4, 0.5) is 0 Å². The quantitative estimate of drug-likeness (QED) is 0.654. The van der Waals surface area contributed by atoms with E-state index in [1.807, 2.05) is 0 Å². The Morgan fingerprint density at radius 2 is 1.69 bits per heavy atom. The van der Waals surface area contributed by atoms with E-state index in [4.69, 9.17) is 0 Å². The minimum atomic E-state index is -0.631. The monoisotopic (exact) mass is 245 g/mol. The van der Waals surface area contributed by atoms with E-state index in [0.29, 0.717) is 6.04 Å². The molecule has 1 aliphatic heterocycles. The molecule has 0 aromatic carbocycles. The summed E-state index contributed by atoms with van der Waals surface area (Å²) < 4.78 is 11.9. The van der Waals surface area contributed by atoms with Crippen molar-refractivity contribution in [1.29, 1.82) is 0 Å². The lowest BCUT2D eigenvalue weighted by atomic mass is 9.84. The summed E-state index contributed by atoms with van der Waals surface area (Å²) in [6.45, 7) is 14.7. The number of rotatable bonds is 0. The molecular formula is C13H27NOS. The third-order valence-corrected chi connectivity index (χ3v) is 4.78. The van der Waals surface area contributed by atoms with Crippen LogP contribution in [0.15, 0.2) is 0 Å². The second-order valence-corrected chi connectivity index (χ2v) is 8.53. The minimum Gasteiger partial charge on any atom is -0.294 e. The number of hydrogen-bond donors (Lipinski definition) is 0. The van der Waals surface area contributed by atoms with Crippen molar-refractivity contribution in [2.45, 2.75) is 59.5 Å². The van der Waals surface area contributed by atoms with E-state index < -0.39 is 10.8 Å². The van der Waals surface area contributed by atoms with Gasteiger partial charge in [-0.2, -0.15) is 0 Å². The molecule has 1 rings (SSSR count). The molecule has 2 nitrogen and oxygen atoms in total. The van der Waals surface area contributed by atoms with Crippen LogP contribution in [0.1, 0.15) is 48.0 Å². The first-order valence-corrected chi connectivity index (χ1v) is 7.73. The Bertz CT molecular complexity index is 262. The summed E-state index contributed by atoms with van der Waals surface area (Å²) in [6, 6.07) is 0.427. The number of nitrogens with zero attached hydrogens (tertiary/aromatic N) is 1. The highest BCUT2D eigenvalue weighted by Gasteiger charge is 2.38. The van der Waals surface area contributed by atoms with Crippen LogP contribution in [0.5, 0.6) is 0 Å². The maximum absolute atomic E-state index is 11.9. The Hall–Kier alpha value is 0.110. The van der Waals surface area contributed by atoms with E-state index in [9.17, 15) is 4.21 Å². The molecule has 3 heteroatoms. The predicted molar refractivity (Wildman–Crippen MR) is 72.2 cm³/mol. The molecule has 1 saturated heterocycles. The number of hydrogen-bond acceptors (Lipinski definition) is 2. The smallest absolute Gasteiger partial charge is 0.0396 e. The van der Waals surface area contributed by atoms with E-state index in [0.717, 1.165) is 24.5 Å². The van der Waals surface area contributed by atoms with Crippen molar-refractivity contribution in [3.05, 3.63) is 0 Å². The lowest BCUT2D eigenvalue weighted by Gasteiger charge is -2.46. The summed E-state index contributed by atoms with van der Waals surface area (Å²) >= 11 is 0. The molecule has 0 bridgehead atoms. The molecule has 1 aliphatic rings. The second-order valence-electron chi connectivity index (χ2n) is 6.91. The fraction of sp³-hybridized carbons (Fsp3) is 1.00. The summed E-state index contributed by atoms with van der Waals surface area (Å²) in [7, 11) is -0.631. The van der Waals surface area contributed by atoms with Crippen LogP contribution in [0.3, 0.4) is 0 Å². The van der Waals surface area contributed by atoms with Crippen molar-refractivity contribution in [1.82, 2.24) is 4.90 Å². The second kappa shape index (κ2) is 4.77. The molecule has 0 aromatic heterocycles. The first-order chi connectivity index (χ1) is 7.12. The molecule has 96 valence electrons. The summed E-state index contributed by atoms with van der Waals surface area (Å²) in [4.78, 5) is 2.55. The molecule has 0 aliphatic carbocycles. The Morgan fingerprint density at radius 1 is 1.12 bits per heavy atom. The van der Waals surface area contributed by atoms with Crippen LogP contribution in [-0.2, 0) is 10.8 Å². The van der Waals surface area contributed by atoms with Crippen molar-refractivity contribution in [3.63, 3.8) is 0 Å². The van der Waals surface area contributed by atoms with Crippen molar-refractivity contribution < 1.29 is 4.21 Å². The van der Waals surface area contributed by atoms with Crippen molar-refractivity contribution in [3.8, 4) is 0 Å². The lowest BCUT2D eigenvalue weighted by Crippen LogP contribution is -2.54. The van der Waals surface area contributed by atoms with Crippen LogP contribution in [0.25, 0.3) is 0 Å². The van der Waals surface area contributed by atoms with E-state index in [-0.39, 0.29) is 11.0 Å². The largest absolute Gasteiger partial charge is 0.294 e. The van der Waals surface area contributed by atoms with Gasteiger partial charge in [0.1, 0.15) is 0 Å². The molecule has 0 aromatic rings. The van der Waals surface area contributed by atoms with Gasteiger partial charge in [0.05, 0.1) is 0 Å². The molecule has 0 amide bonds. The zero-order valence-electron chi connectivity index (χ0n) is 11.7. The maximum atomic E-state index is 11.9. The van der Waals surface area contributed by atoms with Gasteiger partial charge in [0, 0.05) is 33.9 Å². The van der Waals surface area contributed by atoms with E-state index in [1.54, 1.807) is 0 Å². The zero-order chi connectivity index (χ0) is 12.6. The highest BCUT2D eigenvalue weighted by molar-refractivity contribution is 7.85. The Morgan fingerprint density at radius 3 is 2.12 bits per heavy atom. The fourth-order valence-electron chi connectivity index (χ4n) is 2.42. The molecular weight excluding hydrogens is 218 g/mol. The normalized spacial score (nSPS) is 30.1. The topological polar surface area (TPSA) is 20.3 Å². The van der Waals surface area contributed by atoms with Crippen LogP contribution in [-0.4, -0.2) is 38.7 Å². The molecule has 0 N–H and O–H groups in total. The van der Waals surface area contributed by atoms with Gasteiger partial charge in [0.25, 0.3) is 0 Å². The lowest BCUT2D eigenvalue weighted by molar-refractivity contribution is 0.0373. The average Bonchev–Trinajstić information content (AvgIpc) is 2.23. The van der Waals surface area contributed by atoms with Gasteiger partial charge in [0.15, 0.2) is 0 Å². The molecule has 1 unspecified atom stereocenters. The van der Waals surface area contributed by atoms with Gasteiger partial charge in [-0.15, -0.1) is 0 Å². The van der Waals surface area contributed by atoms with Gasteiger partial charge in [-0.1, -0.05) is 20.8 Å². The average molecular weight is 245 g/mol. The van der Waals surface area contributed by atoms with Crippen molar-refractivity contribution >= 4 is 10.8 Å². The molecule has 0 spiro atoms. The maximum Gasteiger partial charge on any atom is 0.0396 e. The molecule has 2 atom stereocenters. The van der Waals surface area contributed by atoms with Crippen molar-refractivity contribution in [2.75, 3.05) is 18.1 Å². The first kappa shape index (κ1) is 14.2. The van der Waals surface area contributed by atoms with Crippen LogP contribution in [0.2, 0.25) is 0 Å². The molecule has 1 fully saturated rings. The predicted octanol–water partition coefficient (Wildman–Crippen LogP) is 2.65. The van der Waals surface area contributed by atoms with Gasteiger partial charge < -0.3 is 0 Å². The fourth-order valence-corrected chi connectivity index (χ4v) is 4.07. The highest BCUT2D eigenvalue weighted by atomic mass is 32.2. The first-order valence-electron chi connectivity index (χ1n) is 6.24. The van der Waals surface area contributed by atoms with Gasteiger partial charge in [0.2, 0.25) is 0 Å².